The SMILES string of the molecule is CC1(C)CC[C@]2(C(=O)N3CCCC3)CC[C@]3(C)C(C(=O)C=C4[C@@]5(C)C=C(C#N)C(=O)C(C)(C)[C@@H]5CC[C@]43C)C2C1. The number of nitriles is 1. The molecule has 6 aliphatic rings. The lowest BCUT2D eigenvalue weighted by Gasteiger charge is -2.69. The minimum absolute atomic E-state index is 0.0462. The predicted octanol–water partition coefficient (Wildman–Crippen LogP) is 6.83. The van der Waals surface area contributed by atoms with Crippen LogP contribution in [-0.4, -0.2) is 35.5 Å². The molecular formula is C35H48N2O3. The van der Waals surface area contributed by atoms with E-state index in [0.717, 1.165) is 76.5 Å². The number of allylic oxidation sites excluding steroid dienone is 4. The summed E-state index contributed by atoms with van der Waals surface area (Å²) in [5, 5.41) is 9.94. The number of Topliss-reactive ketones (excluding diaryl/α,β-unsaturated/α-hetero) is 1. The van der Waals surface area contributed by atoms with Gasteiger partial charge in [-0.2, -0.15) is 5.26 Å². The molecule has 216 valence electrons. The van der Waals surface area contributed by atoms with Gasteiger partial charge in [0.05, 0.1) is 11.0 Å². The number of carbonyl (C=O) groups is 3. The first-order valence-corrected chi connectivity index (χ1v) is 15.8. The largest absolute Gasteiger partial charge is 0.342 e. The molecule has 1 heterocycles. The Kier molecular flexibility index (Phi) is 5.88. The molecule has 1 saturated heterocycles. The maximum absolute atomic E-state index is 14.6. The van der Waals surface area contributed by atoms with Gasteiger partial charge in [-0.1, -0.05) is 60.1 Å². The highest BCUT2D eigenvalue weighted by Crippen LogP contribution is 2.74. The zero-order valence-electron chi connectivity index (χ0n) is 25.8. The van der Waals surface area contributed by atoms with E-state index in [4.69, 9.17) is 0 Å². The first kappa shape index (κ1) is 27.9. The summed E-state index contributed by atoms with van der Waals surface area (Å²) in [6, 6.07) is 2.20. The van der Waals surface area contributed by atoms with Gasteiger partial charge in [-0.15, -0.1) is 0 Å². The molecule has 40 heavy (non-hydrogen) atoms. The quantitative estimate of drug-likeness (QED) is 0.362. The number of nitrogens with zero attached hydrogens (tertiary/aromatic N) is 2. The second-order valence-electron chi connectivity index (χ2n) is 16.4. The van der Waals surface area contributed by atoms with E-state index >= 15 is 0 Å². The molecule has 0 aromatic carbocycles. The topological polar surface area (TPSA) is 78.2 Å². The standard InChI is InChI=1S/C35H48N2O3/c1-30(2)12-14-35(29(40)37-16-8-9-17-37)15-13-34(7)27(23(35)20-30)24(38)18-26-32(5)19-22(21-36)28(39)31(3,4)25(32)10-11-33(26,34)6/h18-19,23,25,27H,8-17,20H2,1-7H3/t23?,25-,27?,32-,33+,34+,35-/m0/s1. The summed E-state index contributed by atoms with van der Waals surface area (Å²) in [5.41, 5.74) is -0.668. The second kappa shape index (κ2) is 8.42. The van der Waals surface area contributed by atoms with Crippen LogP contribution < -0.4 is 0 Å². The van der Waals surface area contributed by atoms with Gasteiger partial charge in [-0.05, 0) is 91.9 Å². The highest BCUT2D eigenvalue weighted by molar-refractivity contribution is 6.04. The van der Waals surface area contributed by atoms with Crippen molar-refractivity contribution in [2.24, 2.45) is 50.2 Å². The van der Waals surface area contributed by atoms with Crippen LogP contribution >= 0.6 is 0 Å². The van der Waals surface area contributed by atoms with Crippen LogP contribution in [-0.2, 0) is 14.4 Å². The van der Waals surface area contributed by atoms with Gasteiger partial charge in [0, 0.05) is 29.8 Å². The molecular weight excluding hydrogens is 496 g/mol. The molecule has 1 aliphatic heterocycles. The van der Waals surface area contributed by atoms with Crippen molar-refractivity contribution in [1.82, 2.24) is 4.90 Å². The van der Waals surface area contributed by atoms with Gasteiger partial charge in [0.15, 0.2) is 11.6 Å². The normalized spacial score (nSPS) is 45.2. The van der Waals surface area contributed by atoms with E-state index < -0.39 is 16.2 Å². The average molecular weight is 545 g/mol. The Balaban J connectivity index is 1.50. The summed E-state index contributed by atoms with van der Waals surface area (Å²) in [5.74, 6) is 0.346. The van der Waals surface area contributed by atoms with Crippen LogP contribution in [0.25, 0.3) is 0 Å². The van der Waals surface area contributed by atoms with Crippen molar-refractivity contribution in [1.29, 1.82) is 5.26 Å². The number of hydrogen-bond donors (Lipinski definition) is 0. The molecule has 0 radical (unpaired) electrons. The van der Waals surface area contributed by atoms with Crippen molar-refractivity contribution in [3.05, 3.63) is 23.3 Å². The molecule has 0 spiro atoms. The fraction of sp³-hybridized carbons (Fsp3) is 0.771. The number of ketones is 2. The molecule has 6 rings (SSSR count). The lowest BCUT2D eigenvalue weighted by atomic mass is 9.34. The summed E-state index contributed by atoms with van der Waals surface area (Å²) in [4.78, 5) is 44.4. The van der Waals surface area contributed by atoms with Crippen LogP contribution in [0.15, 0.2) is 23.3 Å². The third-order valence-corrected chi connectivity index (χ3v) is 13.7. The molecule has 5 heteroatoms. The second-order valence-corrected chi connectivity index (χ2v) is 16.4. The zero-order valence-corrected chi connectivity index (χ0v) is 25.8. The van der Waals surface area contributed by atoms with Crippen LogP contribution in [0.4, 0.5) is 0 Å². The third kappa shape index (κ3) is 3.34. The molecule has 5 nitrogen and oxygen atoms in total. The molecule has 0 aromatic rings. The molecule has 0 aromatic heterocycles. The van der Waals surface area contributed by atoms with Gasteiger partial charge in [0.2, 0.25) is 5.91 Å². The van der Waals surface area contributed by atoms with E-state index in [1.165, 1.54) is 0 Å². The Labute approximate surface area is 240 Å². The van der Waals surface area contributed by atoms with Gasteiger partial charge in [-0.3, -0.25) is 14.4 Å². The minimum Gasteiger partial charge on any atom is -0.342 e. The van der Waals surface area contributed by atoms with Gasteiger partial charge in [0.25, 0.3) is 0 Å². The van der Waals surface area contributed by atoms with Crippen LogP contribution in [0.2, 0.25) is 0 Å². The number of hydrogen-bond acceptors (Lipinski definition) is 4. The summed E-state index contributed by atoms with van der Waals surface area (Å²) in [6.07, 6.45) is 12.4. The van der Waals surface area contributed by atoms with Crippen LogP contribution in [0.1, 0.15) is 106 Å². The first-order valence-electron chi connectivity index (χ1n) is 15.8. The van der Waals surface area contributed by atoms with Gasteiger partial charge < -0.3 is 4.90 Å². The highest BCUT2D eigenvalue weighted by atomic mass is 16.2. The molecule has 1 amide bonds. The van der Waals surface area contributed by atoms with Crippen molar-refractivity contribution >= 4 is 17.5 Å². The monoisotopic (exact) mass is 544 g/mol. The Hall–Kier alpha value is -2.22. The fourth-order valence-electron chi connectivity index (χ4n) is 11.2. The summed E-state index contributed by atoms with van der Waals surface area (Å²) in [7, 11) is 0. The molecule has 2 unspecified atom stereocenters. The maximum Gasteiger partial charge on any atom is 0.229 e. The van der Waals surface area contributed by atoms with Crippen molar-refractivity contribution in [3.63, 3.8) is 0 Å². The number of amides is 1. The van der Waals surface area contributed by atoms with E-state index in [-0.39, 0.29) is 51.1 Å². The molecule has 0 bridgehead atoms. The van der Waals surface area contributed by atoms with Crippen molar-refractivity contribution in [2.45, 2.75) is 106 Å². The van der Waals surface area contributed by atoms with Crippen molar-refractivity contribution in [2.75, 3.05) is 13.1 Å². The Morgan fingerprint density at radius 3 is 2.25 bits per heavy atom. The van der Waals surface area contributed by atoms with E-state index in [1.54, 1.807) is 0 Å². The Morgan fingerprint density at radius 1 is 0.950 bits per heavy atom. The van der Waals surface area contributed by atoms with Crippen molar-refractivity contribution < 1.29 is 14.4 Å². The summed E-state index contributed by atoms with van der Waals surface area (Å²) >= 11 is 0. The van der Waals surface area contributed by atoms with Crippen LogP contribution in [0, 0.1) is 61.6 Å². The molecule has 4 fully saturated rings. The van der Waals surface area contributed by atoms with Crippen LogP contribution in [0.3, 0.4) is 0 Å². The molecule has 5 aliphatic carbocycles. The highest BCUT2D eigenvalue weighted by Gasteiger charge is 2.71. The smallest absolute Gasteiger partial charge is 0.229 e. The number of carbonyl (C=O) groups excluding carboxylic acids is 3. The van der Waals surface area contributed by atoms with Gasteiger partial charge in [-0.25, -0.2) is 0 Å². The fourth-order valence-corrected chi connectivity index (χ4v) is 11.2. The van der Waals surface area contributed by atoms with Gasteiger partial charge >= 0.3 is 0 Å². The number of fused-ring (bicyclic) bond motifs is 7. The van der Waals surface area contributed by atoms with E-state index in [9.17, 15) is 19.6 Å². The maximum atomic E-state index is 14.6. The molecule has 7 atom stereocenters. The Bertz CT molecular complexity index is 1290. The number of rotatable bonds is 1. The number of likely N-dealkylation sites (tertiary alicyclic amines) is 1. The van der Waals surface area contributed by atoms with E-state index in [1.807, 2.05) is 26.0 Å². The average Bonchev–Trinajstić information content (AvgIpc) is 3.42. The Morgan fingerprint density at radius 2 is 1.60 bits per heavy atom. The minimum atomic E-state index is -0.658. The van der Waals surface area contributed by atoms with E-state index in [2.05, 4.69) is 45.6 Å². The predicted molar refractivity (Wildman–Crippen MR) is 155 cm³/mol. The lowest BCUT2D eigenvalue weighted by molar-refractivity contribution is -0.183. The zero-order chi connectivity index (χ0) is 29.1. The molecule has 3 saturated carbocycles. The third-order valence-electron chi connectivity index (χ3n) is 13.7. The van der Waals surface area contributed by atoms with Gasteiger partial charge in [0.1, 0.15) is 6.07 Å². The lowest BCUT2D eigenvalue weighted by Crippen LogP contribution is -2.66. The summed E-state index contributed by atoms with van der Waals surface area (Å²) < 4.78 is 0. The van der Waals surface area contributed by atoms with Crippen LogP contribution in [0.5, 0.6) is 0 Å². The summed E-state index contributed by atoms with van der Waals surface area (Å²) in [6.45, 7) is 17.2. The van der Waals surface area contributed by atoms with E-state index in [0.29, 0.717) is 5.91 Å². The first-order chi connectivity index (χ1) is 18.6. The van der Waals surface area contributed by atoms with Crippen molar-refractivity contribution in [3.8, 4) is 6.07 Å². The molecule has 0 N–H and O–H groups in total.